The Morgan fingerprint density at radius 2 is 1.81 bits per heavy atom. The molecule has 0 saturated carbocycles. The number of halogens is 3. The van der Waals surface area contributed by atoms with Crippen LogP contribution in [0.1, 0.15) is 52.9 Å². The maximum absolute atomic E-state index is 14.0. The van der Waals surface area contributed by atoms with E-state index in [1.807, 2.05) is 19.1 Å². The van der Waals surface area contributed by atoms with Gasteiger partial charge in [0.15, 0.2) is 0 Å². The van der Waals surface area contributed by atoms with Crippen LogP contribution in [-0.4, -0.2) is 46.3 Å². The van der Waals surface area contributed by atoms with E-state index < -0.39 is 11.6 Å². The monoisotopic (exact) mass is 527 g/mol. The van der Waals surface area contributed by atoms with Gasteiger partial charge < -0.3 is 15.5 Å². The van der Waals surface area contributed by atoms with E-state index in [2.05, 4.69) is 20.6 Å². The molecule has 1 fully saturated rings. The van der Waals surface area contributed by atoms with Gasteiger partial charge in [0.25, 0.3) is 5.91 Å². The second kappa shape index (κ2) is 12.1. The minimum Gasteiger partial charge on any atom is -0.354 e. The molecular weight excluding hydrogens is 500 g/mol. The SMILES string of the molecule is CCNc1ncc(C(=O)NCc2cccc(Cl)c2)c(C2CCN(C(=O)Cc3c(F)cccc3F)CC2)n1. The fourth-order valence-electron chi connectivity index (χ4n) is 4.42. The Kier molecular flexibility index (Phi) is 8.66. The van der Waals surface area contributed by atoms with Crippen LogP contribution in [0, 0.1) is 11.6 Å². The molecule has 0 unspecified atom stereocenters. The summed E-state index contributed by atoms with van der Waals surface area (Å²) in [6.45, 7) is 3.64. The Morgan fingerprint density at radius 3 is 2.49 bits per heavy atom. The topological polar surface area (TPSA) is 87.2 Å². The molecule has 37 heavy (non-hydrogen) atoms. The van der Waals surface area contributed by atoms with Crippen molar-refractivity contribution >= 4 is 29.4 Å². The van der Waals surface area contributed by atoms with Crippen molar-refractivity contribution in [2.45, 2.75) is 38.6 Å². The van der Waals surface area contributed by atoms with Gasteiger partial charge in [-0.2, -0.15) is 0 Å². The van der Waals surface area contributed by atoms with Crippen molar-refractivity contribution in [3.63, 3.8) is 0 Å². The van der Waals surface area contributed by atoms with Crippen LogP contribution < -0.4 is 10.6 Å². The van der Waals surface area contributed by atoms with Crippen LogP contribution in [0.15, 0.2) is 48.7 Å². The molecular formula is C27H28ClF2N5O2. The summed E-state index contributed by atoms with van der Waals surface area (Å²) in [5, 5.41) is 6.57. The number of benzene rings is 2. The highest BCUT2D eigenvalue weighted by molar-refractivity contribution is 6.30. The van der Waals surface area contributed by atoms with E-state index in [0.717, 1.165) is 17.7 Å². The van der Waals surface area contributed by atoms with E-state index in [0.29, 0.717) is 61.2 Å². The molecule has 0 atom stereocenters. The minimum atomic E-state index is -0.728. The third-order valence-electron chi connectivity index (χ3n) is 6.36. The number of piperidine rings is 1. The van der Waals surface area contributed by atoms with E-state index in [4.69, 9.17) is 11.6 Å². The predicted molar refractivity (Wildman–Crippen MR) is 137 cm³/mol. The van der Waals surface area contributed by atoms with E-state index in [9.17, 15) is 18.4 Å². The quantitative estimate of drug-likeness (QED) is 0.443. The molecule has 0 radical (unpaired) electrons. The lowest BCUT2D eigenvalue weighted by molar-refractivity contribution is -0.131. The zero-order valence-corrected chi connectivity index (χ0v) is 21.2. The largest absolute Gasteiger partial charge is 0.354 e. The van der Waals surface area contributed by atoms with Crippen LogP contribution in [0.5, 0.6) is 0 Å². The third kappa shape index (κ3) is 6.60. The molecule has 1 aromatic heterocycles. The maximum Gasteiger partial charge on any atom is 0.254 e. The number of carbonyl (C=O) groups is 2. The van der Waals surface area contributed by atoms with Crippen molar-refractivity contribution < 1.29 is 18.4 Å². The number of nitrogens with zero attached hydrogens (tertiary/aromatic N) is 3. The summed E-state index contributed by atoms with van der Waals surface area (Å²) in [5.74, 6) is -1.74. The summed E-state index contributed by atoms with van der Waals surface area (Å²) >= 11 is 6.04. The number of hydrogen-bond donors (Lipinski definition) is 2. The summed E-state index contributed by atoms with van der Waals surface area (Å²) in [6.07, 6.45) is 2.30. The average Bonchev–Trinajstić information content (AvgIpc) is 2.90. The summed E-state index contributed by atoms with van der Waals surface area (Å²) in [7, 11) is 0. The number of amides is 2. The van der Waals surface area contributed by atoms with Crippen molar-refractivity contribution in [2.75, 3.05) is 25.0 Å². The molecule has 0 spiro atoms. The van der Waals surface area contributed by atoms with Gasteiger partial charge in [0.05, 0.1) is 17.7 Å². The van der Waals surface area contributed by atoms with E-state index in [-0.39, 0.29) is 29.7 Å². The van der Waals surface area contributed by atoms with Gasteiger partial charge in [-0.25, -0.2) is 18.7 Å². The number of hydrogen-bond acceptors (Lipinski definition) is 5. The van der Waals surface area contributed by atoms with Gasteiger partial charge >= 0.3 is 0 Å². The molecule has 3 aromatic rings. The maximum atomic E-state index is 14.0. The summed E-state index contributed by atoms with van der Waals surface area (Å²) in [5.41, 5.74) is 1.63. The molecule has 2 N–H and O–H groups in total. The molecule has 2 aromatic carbocycles. The van der Waals surface area contributed by atoms with Crippen molar-refractivity contribution in [3.05, 3.63) is 87.7 Å². The van der Waals surface area contributed by atoms with E-state index in [1.165, 1.54) is 12.3 Å². The summed E-state index contributed by atoms with van der Waals surface area (Å²) in [6, 6.07) is 10.8. The van der Waals surface area contributed by atoms with Crippen molar-refractivity contribution in [1.82, 2.24) is 20.2 Å². The Labute approximate surface area is 219 Å². The Hall–Kier alpha value is -3.59. The van der Waals surface area contributed by atoms with Gasteiger partial charge in [-0.15, -0.1) is 0 Å². The Bertz CT molecular complexity index is 1260. The van der Waals surface area contributed by atoms with Gasteiger partial charge in [0.1, 0.15) is 11.6 Å². The number of rotatable bonds is 8. The number of carbonyl (C=O) groups excluding carboxylic acids is 2. The van der Waals surface area contributed by atoms with Gasteiger partial charge in [-0.1, -0.05) is 29.8 Å². The minimum absolute atomic E-state index is 0.0819. The number of likely N-dealkylation sites (tertiary alicyclic amines) is 1. The standard InChI is InChI=1S/C27H28ClF2N5O2/c1-2-31-27-33-16-21(26(37)32-15-17-5-3-6-19(28)13-17)25(34-27)18-9-11-35(12-10-18)24(36)14-20-22(29)7-4-8-23(20)30/h3-8,13,16,18H,2,9-12,14-15H2,1H3,(H,32,37)(H,31,33,34). The van der Waals surface area contributed by atoms with Crippen LogP contribution in [-0.2, 0) is 17.8 Å². The molecule has 1 aliphatic heterocycles. The molecule has 2 amide bonds. The van der Waals surface area contributed by atoms with Gasteiger partial charge in [-0.05, 0) is 49.6 Å². The lowest BCUT2D eigenvalue weighted by Crippen LogP contribution is -2.39. The number of anilines is 1. The molecule has 4 rings (SSSR count). The van der Waals surface area contributed by atoms with Crippen LogP contribution in [0.4, 0.5) is 14.7 Å². The molecule has 0 bridgehead atoms. The number of nitrogens with one attached hydrogen (secondary N) is 2. The van der Waals surface area contributed by atoms with Gasteiger partial charge in [-0.3, -0.25) is 9.59 Å². The molecule has 10 heteroatoms. The lowest BCUT2D eigenvalue weighted by atomic mass is 9.90. The first-order chi connectivity index (χ1) is 17.9. The van der Waals surface area contributed by atoms with E-state index >= 15 is 0 Å². The zero-order valence-electron chi connectivity index (χ0n) is 20.4. The first-order valence-electron chi connectivity index (χ1n) is 12.2. The highest BCUT2D eigenvalue weighted by Gasteiger charge is 2.29. The second-order valence-electron chi connectivity index (χ2n) is 8.87. The zero-order chi connectivity index (χ0) is 26.4. The van der Waals surface area contributed by atoms with Crippen LogP contribution in [0.3, 0.4) is 0 Å². The molecule has 7 nitrogen and oxygen atoms in total. The van der Waals surface area contributed by atoms with Crippen LogP contribution in [0.25, 0.3) is 0 Å². The number of aromatic nitrogens is 2. The fraction of sp³-hybridized carbons (Fsp3) is 0.333. The van der Waals surface area contributed by atoms with Gasteiger partial charge in [0.2, 0.25) is 11.9 Å². The Balaban J connectivity index is 1.45. The normalized spacial score (nSPS) is 13.9. The second-order valence-corrected chi connectivity index (χ2v) is 9.30. The first-order valence-corrected chi connectivity index (χ1v) is 12.6. The molecule has 0 aliphatic carbocycles. The summed E-state index contributed by atoms with van der Waals surface area (Å²) < 4.78 is 28.0. The van der Waals surface area contributed by atoms with Gasteiger partial charge in [0, 0.05) is 48.9 Å². The molecule has 194 valence electrons. The summed E-state index contributed by atoms with van der Waals surface area (Å²) in [4.78, 5) is 36.4. The molecule has 2 heterocycles. The molecule has 1 saturated heterocycles. The van der Waals surface area contributed by atoms with Crippen molar-refractivity contribution in [2.24, 2.45) is 0 Å². The van der Waals surface area contributed by atoms with E-state index in [1.54, 1.807) is 17.0 Å². The average molecular weight is 528 g/mol. The predicted octanol–water partition coefficient (Wildman–Crippen LogP) is 4.72. The van der Waals surface area contributed by atoms with Crippen LogP contribution in [0.2, 0.25) is 5.02 Å². The smallest absolute Gasteiger partial charge is 0.254 e. The molecule has 1 aliphatic rings. The lowest BCUT2D eigenvalue weighted by Gasteiger charge is -2.32. The van der Waals surface area contributed by atoms with Crippen molar-refractivity contribution in [1.29, 1.82) is 0 Å². The highest BCUT2D eigenvalue weighted by atomic mass is 35.5. The highest BCUT2D eigenvalue weighted by Crippen LogP contribution is 2.30. The van der Waals surface area contributed by atoms with Crippen LogP contribution >= 0.6 is 11.6 Å². The third-order valence-corrected chi connectivity index (χ3v) is 6.60. The first kappa shape index (κ1) is 26.5. The fourth-order valence-corrected chi connectivity index (χ4v) is 4.63. The van der Waals surface area contributed by atoms with Crippen molar-refractivity contribution in [3.8, 4) is 0 Å². The Morgan fingerprint density at radius 1 is 1.11 bits per heavy atom.